The molecule has 0 aromatic carbocycles. The maximum Gasteiger partial charge on any atom is 0.143 e. The Bertz CT molecular complexity index is 638. The summed E-state index contributed by atoms with van der Waals surface area (Å²) < 4.78 is 5.86. The van der Waals surface area contributed by atoms with Crippen molar-refractivity contribution >= 4 is 16.9 Å². The molecular weight excluding hydrogens is 264 g/mol. The van der Waals surface area contributed by atoms with Crippen LogP contribution < -0.4 is 5.32 Å². The van der Waals surface area contributed by atoms with E-state index in [1.807, 2.05) is 6.20 Å². The maximum atomic E-state index is 5.86. The van der Waals surface area contributed by atoms with Gasteiger partial charge in [-0.25, -0.2) is 9.97 Å². The lowest BCUT2D eigenvalue weighted by atomic mass is 9.82. The van der Waals surface area contributed by atoms with Gasteiger partial charge < -0.3 is 15.0 Å². The number of ether oxygens (including phenoxy) is 1. The predicted molar refractivity (Wildman–Crippen MR) is 82.4 cm³/mol. The molecule has 2 aromatic rings. The number of anilines is 1. The van der Waals surface area contributed by atoms with Crippen LogP contribution in [-0.2, 0) is 11.2 Å². The summed E-state index contributed by atoms with van der Waals surface area (Å²) in [5.41, 5.74) is 2.21. The molecule has 1 saturated heterocycles. The Balaban J connectivity index is 1.66. The van der Waals surface area contributed by atoms with Gasteiger partial charge in [0.05, 0.1) is 11.5 Å². The van der Waals surface area contributed by atoms with Gasteiger partial charge in [-0.05, 0) is 37.7 Å². The minimum Gasteiger partial charge on any atom is -0.378 e. The van der Waals surface area contributed by atoms with Crippen LogP contribution in [0.25, 0.3) is 11.0 Å². The molecule has 2 aromatic heterocycles. The molecule has 0 bridgehead atoms. The standard InChI is InChI=1S/C16H22N4O/c1-2-10-8-17-15-14(10)16(19-9-18-15)20-12-4-3-5-13-11(12)6-7-21-13/h8-9,11-13H,2-7H2,1H3,(H2,17,18,19,20). The number of aryl methyl sites for hydroxylation is 1. The molecule has 2 fully saturated rings. The molecule has 4 rings (SSSR count). The number of rotatable bonds is 3. The van der Waals surface area contributed by atoms with Crippen LogP contribution >= 0.6 is 0 Å². The van der Waals surface area contributed by atoms with Crippen molar-refractivity contribution in [2.75, 3.05) is 11.9 Å². The van der Waals surface area contributed by atoms with Crippen LogP contribution in [0.2, 0.25) is 0 Å². The summed E-state index contributed by atoms with van der Waals surface area (Å²) in [6.07, 6.45) is 9.96. The second-order valence-electron chi connectivity index (χ2n) is 6.16. The fraction of sp³-hybridized carbons (Fsp3) is 0.625. The molecule has 0 spiro atoms. The molecule has 3 unspecified atom stereocenters. The molecule has 2 N–H and O–H groups in total. The van der Waals surface area contributed by atoms with Gasteiger partial charge in [0.1, 0.15) is 17.8 Å². The first-order valence-electron chi connectivity index (χ1n) is 8.06. The Hall–Kier alpha value is -1.62. The molecule has 112 valence electrons. The van der Waals surface area contributed by atoms with Crippen LogP contribution in [0, 0.1) is 5.92 Å². The number of aromatic nitrogens is 3. The highest BCUT2D eigenvalue weighted by atomic mass is 16.5. The molecular formula is C16H22N4O. The van der Waals surface area contributed by atoms with E-state index in [1.165, 1.54) is 31.2 Å². The Morgan fingerprint density at radius 1 is 1.33 bits per heavy atom. The highest BCUT2D eigenvalue weighted by molar-refractivity contribution is 5.90. The normalized spacial score (nSPS) is 28.7. The lowest BCUT2D eigenvalue weighted by Gasteiger charge is -2.33. The number of nitrogens with one attached hydrogen (secondary N) is 2. The molecule has 5 heteroatoms. The van der Waals surface area contributed by atoms with Gasteiger partial charge in [-0.3, -0.25) is 0 Å². The summed E-state index contributed by atoms with van der Waals surface area (Å²) in [4.78, 5) is 12.1. The second kappa shape index (κ2) is 5.30. The zero-order valence-electron chi connectivity index (χ0n) is 12.4. The minimum absolute atomic E-state index is 0.449. The number of H-pyrrole nitrogens is 1. The number of nitrogens with zero attached hydrogens (tertiary/aromatic N) is 2. The van der Waals surface area contributed by atoms with Crippen LogP contribution in [0.15, 0.2) is 12.5 Å². The average Bonchev–Trinajstić information content (AvgIpc) is 3.14. The molecule has 5 nitrogen and oxygen atoms in total. The second-order valence-corrected chi connectivity index (χ2v) is 6.16. The third-order valence-corrected chi connectivity index (χ3v) is 5.04. The third-order valence-electron chi connectivity index (χ3n) is 5.04. The summed E-state index contributed by atoms with van der Waals surface area (Å²) in [6, 6.07) is 0.476. The fourth-order valence-electron chi connectivity index (χ4n) is 3.95. The van der Waals surface area contributed by atoms with Gasteiger partial charge in [0.15, 0.2) is 0 Å². The smallest absolute Gasteiger partial charge is 0.143 e. The van der Waals surface area contributed by atoms with Crippen molar-refractivity contribution in [3.63, 3.8) is 0 Å². The third kappa shape index (κ3) is 2.20. The van der Waals surface area contributed by atoms with E-state index >= 15 is 0 Å². The van der Waals surface area contributed by atoms with Crippen molar-refractivity contribution in [3.8, 4) is 0 Å². The number of hydrogen-bond acceptors (Lipinski definition) is 4. The lowest BCUT2D eigenvalue weighted by molar-refractivity contribution is 0.0620. The van der Waals surface area contributed by atoms with Gasteiger partial charge in [0.2, 0.25) is 0 Å². The van der Waals surface area contributed by atoms with Crippen molar-refractivity contribution < 1.29 is 4.74 Å². The van der Waals surface area contributed by atoms with Crippen LogP contribution in [0.4, 0.5) is 5.82 Å². The van der Waals surface area contributed by atoms with Crippen molar-refractivity contribution in [3.05, 3.63) is 18.1 Å². The first kappa shape index (κ1) is 13.1. The summed E-state index contributed by atoms with van der Waals surface area (Å²) in [5.74, 6) is 1.61. The lowest BCUT2D eigenvalue weighted by Crippen LogP contribution is -2.38. The molecule has 0 radical (unpaired) electrons. The Labute approximate surface area is 124 Å². The summed E-state index contributed by atoms with van der Waals surface area (Å²) in [6.45, 7) is 3.08. The van der Waals surface area contributed by atoms with Crippen molar-refractivity contribution in [1.82, 2.24) is 15.0 Å². The summed E-state index contributed by atoms with van der Waals surface area (Å²) in [5, 5.41) is 4.86. The quantitative estimate of drug-likeness (QED) is 0.910. The zero-order chi connectivity index (χ0) is 14.2. The van der Waals surface area contributed by atoms with Gasteiger partial charge in [0, 0.05) is 24.8 Å². The Kier molecular flexibility index (Phi) is 3.30. The molecule has 3 heterocycles. The van der Waals surface area contributed by atoms with Crippen LogP contribution in [0.1, 0.15) is 38.2 Å². The monoisotopic (exact) mass is 286 g/mol. The molecule has 2 aliphatic rings. The number of aromatic amines is 1. The zero-order valence-corrected chi connectivity index (χ0v) is 12.4. The molecule has 3 atom stereocenters. The van der Waals surface area contributed by atoms with E-state index in [1.54, 1.807) is 6.33 Å². The molecule has 1 aliphatic carbocycles. The summed E-state index contributed by atoms with van der Waals surface area (Å²) >= 11 is 0. The number of hydrogen-bond donors (Lipinski definition) is 2. The highest BCUT2D eigenvalue weighted by Gasteiger charge is 2.37. The minimum atomic E-state index is 0.449. The van der Waals surface area contributed by atoms with Gasteiger partial charge in [-0.15, -0.1) is 0 Å². The van der Waals surface area contributed by atoms with E-state index in [0.717, 1.165) is 29.9 Å². The fourth-order valence-corrected chi connectivity index (χ4v) is 3.95. The molecule has 21 heavy (non-hydrogen) atoms. The van der Waals surface area contributed by atoms with Gasteiger partial charge in [-0.2, -0.15) is 0 Å². The average molecular weight is 286 g/mol. The first-order chi connectivity index (χ1) is 10.4. The molecule has 0 amide bonds. The Morgan fingerprint density at radius 3 is 3.19 bits per heavy atom. The van der Waals surface area contributed by atoms with Gasteiger partial charge in [0.25, 0.3) is 0 Å². The summed E-state index contributed by atoms with van der Waals surface area (Å²) in [7, 11) is 0. The SMILES string of the molecule is CCc1c[nH]c2ncnc(NC3CCCC4OCCC34)c12. The van der Waals surface area contributed by atoms with E-state index in [4.69, 9.17) is 4.74 Å². The van der Waals surface area contributed by atoms with Crippen molar-refractivity contribution in [2.45, 2.75) is 51.2 Å². The number of fused-ring (bicyclic) bond motifs is 2. The van der Waals surface area contributed by atoms with Crippen molar-refractivity contribution in [1.29, 1.82) is 0 Å². The topological polar surface area (TPSA) is 62.8 Å². The molecule has 1 aliphatic heterocycles. The maximum absolute atomic E-state index is 5.86. The van der Waals surface area contributed by atoms with Crippen molar-refractivity contribution in [2.24, 2.45) is 5.92 Å². The molecule has 1 saturated carbocycles. The van der Waals surface area contributed by atoms with Crippen LogP contribution in [-0.4, -0.2) is 33.7 Å². The van der Waals surface area contributed by atoms with Gasteiger partial charge in [-0.1, -0.05) is 6.92 Å². The van der Waals surface area contributed by atoms with E-state index in [2.05, 4.69) is 27.2 Å². The largest absolute Gasteiger partial charge is 0.378 e. The van der Waals surface area contributed by atoms with E-state index in [0.29, 0.717) is 18.1 Å². The predicted octanol–water partition coefficient (Wildman–Crippen LogP) is 2.89. The Morgan fingerprint density at radius 2 is 2.29 bits per heavy atom. The van der Waals surface area contributed by atoms with E-state index < -0.39 is 0 Å². The highest BCUT2D eigenvalue weighted by Crippen LogP contribution is 2.36. The first-order valence-corrected chi connectivity index (χ1v) is 8.06. The van der Waals surface area contributed by atoms with Crippen LogP contribution in [0.3, 0.4) is 0 Å². The van der Waals surface area contributed by atoms with Gasteiger partial charge >= 0.3 is 0 Å². The van der Waals surface area contributed by atoms with E-state index in [9.17, 15) is 0 Å². The van der Waals surface area contributed by atoms with Crippen LogP contribution in [0.5, 0.6) is 0 Å². The van der Waals surface area contributed by atoms with E-state index in [-0.39, 0.29) is 0 Å².